The molecular formula is C28H26F3N7O2. The Morgan fingerprint density at radius 2 is 1.88 bits per heavy atom. The number of nitrogens with two attached hydrogens (primary N) is 1. The molecule has 0 saturated carbocycles. The van der Waals surface area contributed by atoms with Gasteiger partial charge in [-0.25, -0.2) is 15.0 Å². The van der Waals surface area contributed by atoms with Gasteiger partial charge in [-0.3, -0.25) is 14.0 Å². The van der Waals surface area contributed by atoms with E-state index in [1.165, 1.54) is 0 Å². The Balaban J connectivity index is 1.28. The van der Waals surface area contributed by atoms with E-state index in [0.29, 0.717) is 41.5 Å². The number of aromatic nitrogens is 4. The number of pyridine rings is 1. The second-order valence-electron chi connectivity index (χ2n) is 10.4. The molecule has 40 heavy (non-hydrogen) atoms. The van der Waals surface area contributed by atoms with Crippen molar-refractivity contribution in [2.45, 2.75) is 44.3 Å². The third-order valence-corrected chi connectivity index (χ3v) is 7.83. The van der Waals surface area contributed by atoms with Gasteiger partial charge in [-0.15, -0.1) is 0 Å². The molecule has 3 N–H and O–H groups in total. The molecule has 0 spiro atoms. The first-order chi connectivity index (χ1) is 19.1. The van der Waals surface area contributed by atoms with Gasteiger partial charge in [0.15, 0.2) is 0 Å². The lowest BCUT2D eigenvalue weighted by atomic mass is 9.89. The van der Waals surface area contributed by atoms with Gasteiger partial charge in [0.2, 0.25) is 5.91 Å². The van der Waals surface area contributed by atoms with Crippen LogP contribution in [0.15, 0.2) is 55.0 Å². The maximum absolute atomic E-state index is 13.0. The van der Waals surface area contributed by atoms with Gasteiger partial charge in [0.25, 0.3) is 5.91 Å². The SMILES string of the molecule is CC1CC(=O)N2CC(c3nc(-c4ccc(C(=O)Nc5cc(C(F)(F)F)ccn5)cc4)c4c(N)nccn34)CCC12. The number of piperidine rings is 1. The van der Waals surface area contributed by atoms with Gasteiger partial charge >= 0.3 is 6.18 Å². The molecule has 0 radical (unpaired) electrons. The summed E-state index contributed by atoms with van der Waals surface area (Å²) < 4.78 is 40.9. The van der Waals surface area contributed by atoms with Gasteiger partial charge in [0.1, 0.15) is 28.7 Å². The predicted octanol–water partition coefficient (Wildman–Crippen LogP) is 4.76. The first-order valence-electron chi connectivity index (χ1n) is 13.0. The van der Waals surface area contributed by atoms with Crippen LogP contribution in [0.2, 0.25) is 0 Å². The standard InChI is InChI=1S/C28H26F3N7O2/c1-15-12-22(39)38-14-18(6-7-20(15)38)26-36-23(24-25(32)34-10-11-37(24)26)16-2-4-17(5-3-16)27(40)35-21-13-19(8-9-33-21)28(29,30)31/h2-5,8-11,13,15,18,20H,6-7,12,14H2,1H3,(H2,32,34)(H,33,35,40). The summed E-state index contributed by atoms with van der Waals surface area (Å²) in [5.41, 5.74) is 7.53. The lowest BCUT2D eigenvalue weighted by Gasteiger charge is -2.36. The molecule has 3 aromatic heterocycles. The number of fused-ring (bicyclic) bond motifs is 2. The van der Waals surface area contributed by atoms with E-state index < -0.39 is 17.6 Å². The molecule has 2 saturated heterocycles. The van der Waals surface area contributed by atoms with Crippen molar-refractivity contribution in [3.63, 3.8) is 0 Å². The van der Waals surface area contributed by atoms with E-state index in [-0.39, 0.29) is 29.2 Å². The van der Waals surface area contributed by atoms with E-state index in [1.54, 1.807) is 30.5 Å². The van der Waals surface area contributed by atoms with Gasteiger partial charge < -0.3 is 16.0 Å². The zero-order chi connectivity index (χ0) is 28.2. The first-order valence-corrected chi connectivity index (χ1v) is 13.0. The van der Waals surface area contributed by atoms with Crippen molar-refractivity contribution in [3.8, 4) is 11.3 Å². The quantitative estimate of drug-likeness (QED) is 0.379. The fraction of sp³-hybridized carbons (Fsp3) is 0.321. The number of nitrogens with zero attached hydrogens (tertiary/aromatic N) is 5. The van der Waals surface area contributed by atoms with Gasteiger partial charge in [-0.05, 0) is 43.0 Å². The highest BCUT2D eigenvalue weighted by Gasteiger charge is 2.42. The van der Waals surface area contributed by atoms with Crippen LogP contribution in [-0.4, -0.2) is 48.7 Å². The van der Waals surface area contributed by atoms with Crippen molar-refractivity contribution in [1.29, 1.82) is 0 Å². The Labute approximate surface area is 227 Å². The third kappa shape index (κ3) is 4.52. The van der Waals surface area contributed by atoms with Crippen molar-refractivity contribution < 1.29 is 22.8 Å². The molecule has 2 aliphatic rings. The molecule has 12 heteroatoms. The number of carbonyl (C=O) groups excluding carboxylic acids is 2. The highest BCUT2D eigenvalue weighted by atomic mass is 19.4. The summed E-state index contributed by atoms with van der Waals surface area (Å²) in [6, 6.07) is 8.42. The summed E-state index contributed by atoms with van der Waals surface area (Å²) in [5, 5.41) is 2.41. The maximum atomic E-state index is 13.0. The van der Waals surface area contributed by atoms with Crippen LogP contribution < -0.4 is 11.1 Å². The van der Waals surface area contributed by atoms with E-state index in [4.69, 9.17) is 10.7 Å². The largest absolute Gasteiger partial charge is 0.416 e. The lowest BCUT2D eigenvalue weighted by molar-refractivity contribution is -0.137. The molecule has 3 unspecified atom stereocenters. The number of anilines is 2. The van der Waals surface area contributed by atoms with Crippen LogP contribution in [0.1, 0.15) is 53.8 Å². The minimum absolute atomic E-state index is 0.0264. The van der Waals surface area contributed by atoms with Crippen LogP contribution in [0, 0.1) is 5.92 Å². The average Bonchev–Trinajstić information content (AvgIpc) is 3.46. The number of nitrogen functional groups attached to an aromatic ring is 1. The van der Waals surface area contributed by atoms with E-state index in [2.05, 4.69) is 22.2 Å². The molecule has 2 amide bonds. The number of imidazole rings is 1. The molecule has 3 atom stereocenters. The minimum Gasteiger partial charge on any atom is -0.382 e. The molecule has 0 aliphatic carbocycles. The van der Waals surface area contributed by atoms with Gasteiger partial charge in [-0.2, -0.15) is 13.2 Å². The van der Waals surface area contributed by atoms with Crippen molar-refractivity contribution in [2.24, 2.45) is 5.92 Å². The zero-order valence-corrected chi connectivity index (χ0v) is 21.5. The van der Waals surface area contributed by atoms with E-state index in [1.807, 2.05) is 15.5 Å². The lowest BCUT2D eigenvalue weighted by Crippen LogP contribution is -2.42. The van der Waals surface area contributed by atoms with Crippen LogP contribution >= 0.6 is 0 Å². The molecular weight excluding hydrogens is 523 g/mol. The smallest absolute Gasteiger partial charge is 0.382 e. The summed E-state index contributed by atoms with van der Waals surface area (Å²) in [5.74, 6) is 0.845. The van der Waals surface area contributed by atoms with Gasteiger partial charge in [-0.1, -0.05) is 19.1 Å². The maximum Gasteiger partial charge on any atom is 0.416 e. The molecule has 206 valence electrons. The topological polar surface area (TPSA) is 119 Å². The molecule has 5 heterocycles. The van der Waals surface area contributed by atoms with Crippen molar-refractivity contribution >= 4 is 29.0 Å². The number of alkyl halides is 3. The van der Waals surface area contributed by atoms with Crippen LogP contribution in [0.25, 0.3) is 16.8 Å². The number of benzene rings is 1. The number of rotatable bonds is 4. The Kier molecular flexibility index (Phi) is 6.20. The minimum atomic E-state index is -4.55. The number of carbonyl (C=O) groups is 2. The molecule has 2 aliphatic heterocycles. The highest BCUT2D eigenvalue weighted by molar-refractivity contribution is 6.04. The number of hydrogen-bond donors (Lipinski definition) is 2. The predicted molar refractivity (Wildman–Crippen MR) is 141 cm³/mol. The second kappa shape index (κ2) is 9.61. The summed E-state index contributed by atoms with van der Waals surface area (Å²) in [6.45, 7) is 2.72. The van der Waals surface area contributed by atoms with E-state index >= 15 is 0 Å². The number of halogens is 3. The molecule has 2 fully saturated rings. The first kappa shape index (κ1) is 25.8. The van der Waals surface area contributed by atoms with Crippen LogP contribution in [0.3, 0.4) is 0 Å². The van der Waals surface area contributed by atoms with Gasteiger partial charge in [0.05, 0.1) is 5.56 Å². The Hall–Kier alpha value is -4.48. The number of nitrogens with one attached hydrogen (secondary N) is 1. The highest BCUT2D eigenvalue weighted by Crippen LogP contribution is 2.40. The Morgan fingerprint density at radius 3 is 2.62 bits per heavy atom. The van der Waals surface area contributed by atoms with Crippen molar-refractivity contribution in [1.82, 2.24) is 24.3 Å². The van der Waals surface area contributed by atoms with Crippen molar-refractivity contribution in [3.05, 3.63) is 71.9 Å². The molecule has 6 rings (SSSR count). The zero-order valence-electron chi connectivity index (χ0n) is 21.5. The summed E-state index contributed by atoms with van der Waals surface area (Å²) in [4.78, 5) is 40.3. The second-order valence-corrected chi connectivity index (χ2v) is 10.4. The fourth-order valence-corrected chi connectivity index (χ4v) is 5.83. The Morgan fingerprint density at radius 1 is 1.10 bits per heavy atom. The summed E-state index contributed by atoms with van der Waals surface area (Å²) >= 11 is 0. The Bertz CT molecular complexity index is 1620. The molecule has 4 aromatic rings. The fourth-order valence-electron chi connectivity index (χ4n) is 5.83. The number of amides is 2. The van der Waals surface area contributed by atoms with E-state index in [0.717, 1.165) is 37.0 Å². The van der Waals surface area contributed by atoms with Gasteiger partial charge in [0, 0.05) is 54.6 Å². The van der Waals surface area contributed by atoms with E-state index in [9.17, 15) is 22.8 Å². The van der Waals surface area contributed by atoms with Crippen LogP contribution in [0.5, 0.6) is 0 Å². The average molecular weight is 550 g/mol. The van der Waals surface area contributed by atoms with Crippen LogP contribution in [0.4, 0.5) is 24.8 Å². The molecule has 1 aromatic carbocycles. The summed E-state index contributed by atoms with van der Waals surface area (Å²) in [7, 11) is 0. The monoisotopic (exact) mass is 549 g/mol. The molecule has 9 nitrogen and oxygen atoms in total. The number of hydrogen-bond acceptors (Lipinski definition) is 6. The van der Waals surface area contributed by atoms with Crippen molar-refractivity contribution in [2.75, 3.05) is 17.6 Å². The summed E-state index contributed by atoms with van der Waals surface area (Å²) in [6.07, 6.45) is 2.24. The molecule has 0 bridgehead atoms. The normalized spacial score (nSPS) is 21.1. The van der Waals surface area contributed by atoms with Crippen LogP contribution in [-0.2, 0) is 11.0 Å². The third-order valence-electron chi connectivity index (χ3n) is 7.83.